The second-order valence-electron chi connectivity index (χ2n) is 4.19. The summed E-state index contributed by atoms with van der Waals surface area (Å²) in [4.78, 5) is 10.5. The third kappa shape index (κ3) is 2.99. The summed E-state index contributed by atoms with van der Waals surface area (Å²) in [6.07, 6.45) is 4.92. The van der Waals surface area contributed by atoms with E-state index in [1.807, 2.05) is 0 Å². The van der Waals surface area contributed by atoms with E-state index < -0.39 is 5.97 Å². The molecule has 0 amide bonds. The van der Waals surface area contributed by atoms with E-state index in [0.717, 1.165) is 6.42 Å². The Kier molecular flexibility index (Phi) is 3.72. The number of nitrogens with two attached hydrogens (primary N) is 1. The second kappa shape index (κ2) is 4.61. The Labute approximate surface area is 79.3 Å². The van der Waals surface area contributed by atoms with Crippen molar-refractivity contribution in [2.24, 2.45) is 17.6 Å². The van der Waals surface area contributed by atoms with Gasteiger partial charge in [0.2, 0.25) is 0 Å². The van der Waals surface area contributed by atoms with Crippen LogP contribution >= 0.6 is 0 Å². The SMILES string of the molecule is CC1CCCCC1[C@@H](N)CC(=O)O. The molecule has 2 unspecified atom stereocenters. The third-order valence-electron chi connectivity index (χ3n) is 3.14. The molecule has 0 bridgehead atoms. The molecule has 3 heteroatoms. The summed E-state index contributed by atoms with van der Waals surface area (Å²) in [5, 5.41) is 8.62. The van der Waals surface area contributed by atoms with Gasteiger partial charge in [-0.2, -0.15) is 0 Å². The predicted octanol–water partition coefficient (Wildman–Crippen LogP) is 1.61. The lowest BCUT2D eigenvalue weighted by atomic mass is 9.76. The summed E-state index contributed by atoms with van der Waals surface area (Å²) in [6.45, 7) is 2.19. The lowest BCUT2D eigenvalue weighted by Crippen LogP contribution is -2.37. The number of hydrogen-bond donors (Lipinski definition) is 2. The Hall–Kier alpha value is -0.570. The number of rotatable bonds is 3. The average Bonchev–Trinajstić information content (AvgIpc) is 2.03. The van der Waals surface area contributed by atoms with Gasteiger partial charge in [0.05, 0.1) is 6.42 Å². The van der Waals surface area contributed by atoms with Gasteiger partial charge in [0, 0.05) is 6.04 Å². The van der Waals surface area contributed by atoms with Gasteiger partial charge in [0.25, 0.3) is 0 Å². The second-order valence-corrected chi connectivity index (χ2v) is 4.19. The summed E-state index contributed by atoms with van der Waals surface area (Å²) in [5.41, 5.74) is 5.86. The van der Waals surface area contributed by atoms with Crippen molar-refractivity contribution in [2.75, 3.05) is 0 Å². The lowest BCUT2D eigenvalue weighted by Gasteiger charge is -2.32. The first-order chi connectivity index (χ1) is 6.11. The zero-order chi connectivity index (χ0) is 9.84. The van der Waals surface area contributed by atoms with Crippen LogP contribution in [-0.4, -0.2) is 17.1 Å². The topological polar surface area (TPSA) is 63.3 Å². The highest BCUT2D eigenvalue weighted by atomic mass is 16.4. The summed E-state index contributed by atoms with van der Waals surface area (Å²) >= 11 is 0. The van der Waals surface area contributed by atoms with Gasteiger partial charge in [-0.1, -0.05) is 26.2 Å². The van der Waals surface area contributed by atoms with Crippen molar-refractivity contribution in [3.05, 3.63) is 0 Å². The molecule has 13 heavy (non-hydrogen) atoms. The van der Waals surface area contributed by atoms with E-state index in [4.69, 9.17) is 10.8 Å². The molecule has 0 aromatic carbocycles. The van der Waals surface area contributed by atoms with E-state index >= 15 is 0 Å². The highest BCUT2D eigenvalue weighted by molar-refractivity contribution is 5.67. The molecule has 0 aromatic rings. The molecule has 0 saturated heterocycles. The fraction of sp³-hybridized carbons (Fsp3) is 0.900. The van der Waals surface area contributed by atoms with Crippen LogP contribution in [0.2, 0.25) is 0 Å². The Morgan fingerprint density at radius 1 is 1.54 bits per heavy atom. The van der Waals surface area contributed by atoms with Gasteiger partial charge in [-0.3, -0.25) is 4.79 Å². The zero-order valence-electron chi connectivity index (χ0n) is 8.20. The van der Waals surface area contributed by atoms with E-state index in [0.29, 0.717) is 11.8 Å². The van der Waals surface area contributed by atoms with Crippen molar-refractivity contribution >= 4 is 5.97 Å². The zero-order valence-corrected chi connectivity index (χ0v) is 8.20. The number of carboxylic acids is 1. The summed E-state index contributed by atoms with van der Waals surface area (Å²) < 4.78 is 0. The van der Waals surface area contributed by atoms with Crippen LogP contribution in [0, 0.1) is 11.8 Å². The third-order valence-corrected chi connectivity index (χ3v) is 3.14. The standard InChI is InChI=1S/C10H19NO2/c1-7-4-2-3-5-8(7)9(11)6-10(12)13/h7-9H,2-6,11H2,1H3,(H,12,13)/t7?,8?,9-/m0/s1. The van der Waals surface area contributed by atoms with Gasteiger partial charge in [-0.15, -0.1) is 0 Å². The van der Waals surface area contributed by atoms with Crippen LogP contribution in [0.25, 0.3) is 0 Å². The maximum atomic E-state index is 10.5. The fourth-order valence-corrected chi connectivity index (χ4v) is 2.33. The van der Waals surface area contributed by atoms with Crippen LogP contribution in [-0.2, 0) is 4.79 Å². The first kappa shape index (κ1) is 10.5. The van der Waals surface area contributed by atoms with Crippen molar-refractivity contribution in [3.8, 4) is 0 Å². The van der Waals surface area contributed by atoms with Crippen LogP contribution in [0.4, 0.5) is 0 Å². The average molecular weight is 185 g/mol. The van der Waals surface area contributed by atoms with Gasteiger partial charge in [-0.05, 0) is 18.3 Å². The van der Waals surface area contributed by atoms with Crippen molar-refractivity contribution in [3.63, 3.8) is 0 Å². The summed E-state index contributed by atoms with van der Waals surface area (Å²) in [6, 6.07) is -0.146. The van der Waals surface area contributed by atoms with E-state index in [-0.39, 0.29) is 12.5 Å². The van der Waals surface area contributed by atoms with Gasteiger partial charge < -0.3 is 10.8 Å². The van der Waals surface area contributed by atoms with E-state index in [9.17, 15) is 4.79 Å². The van der Waals surface area contributed by atoms with Crippen LogP contribution in [0.5, 0.6) is 0 Å². The maximum absolute atomic E-state index is 10.5. The highest BCUT2D eigenvalue weighted by Gasteiger charge is 2.27. The van der Waals surface area contributed by atoms with E-state index in [1.165, 1.54) is 19.3 Å². The molecule has 0 spiro atoms. The molecule has 3 atom stereocenters. The molecule has 1 aliphatic rings. The van der Waals surface area contributed by atoms with Crippen molar-refractivity contribution in [1.29, 1.82) is 0 Å². The largest absolute Gasteiger partial charge is 0.481 e. The van der Waals surface area contributed by atoms with E-state index in [2.05, 4.69) is 6.92 Å². The molecule has 0 aliphatic heterocycles. The van der Waals surface area contributed by atoms with Crippen molar-refractivity contribution in [1.82, 2.24) is 0 Å². The number of hydrogen-bond acceptors (Lipinski definition) is 2. The molecule has 3 N–H and O–H groups in total. The van der Waals surface area contributed by atoms with Crippen LogP contribution < -0.4 is 5.73 Å². The Bertz CT molecular complexity index is 182. The van der Waals surface area contributed by atoms with Gasteiger partial charge >= 0.3 is 5.97 Å². The number of carbonyl (C=O) groups is 1. The molecule has 1 aliphatic carbocycles. The molecular formula is C10H19NO2. The van der Waals surface area contributed by atoms with Gasteiger partial charge in [0.15, 0.2) is 0 Å². The summed E-state index contributed by atoms with van der Waals surface area (Å²) in [7, 11) is 0. The molecule has 0 heterocycles. The quantitative estimate of drug-likeness (QED) is 0.702. The number of carboxylic acid groups (broad SMARTS) is 1. The van der Waals surface area contributed by atoms with Crippen molar-refractivity contribution in [2.45, 2.75) is 45.1 Å². The molecule has 0 aromatic heterocycles. The molecule has 3 nitrogen and oxygen atoms in total. The van der Waals surface area contributed by atoms with Gasteiger partial charge in [0.1, 0.15) is 0 Å². The van der Waals surface area contributed by atoms with Crippen LogP contribution in [0.1, 0.15) is 39.0 Å². The van der Waals surface area contributed by atoms with E-state index in [1.54, 1.807) is 0 Å². The maximum Gasteiger partial charge on any atom is 0.304 e. The predicted molar refractivity (Wildman–Crippen MR) is 51.4 cm³/mol. The minimum absolute atomic E-state index is 0.120. The molecule has 1 fully saturated rings. The fourth-order valence-electron chi connectivity index (χ4n) is 2.33. The smallest absolute Gasteiger partial charge is 0.304 e. The normalized spacial score (nSPS) is 31.2. The van der Waals surface area contributed by atoms with Crippen LogP contribution in [0.3, 0.4) is 0 Å². The van der Waals surface area contributed by atoms with Crippen LogP contribution in [0.15, 0.2) is 0 Å². The first-order valence-electron chi connectivity index (χ1n) is 5.08. The summed E-state index contributed by atoms with van der Waals surface area (Å²) in [5.74, 6) is 0.248. The number of aliphatic carboxylic acids is 1. The monoisotopic (exact) mass is 185 g/mol. The Balaban J connectivity index is 2.43. The van der Waals surface area contributed by atoms with Gasteiger partial charge in [-0.25, -0.2) is 0 Å². The highest BCUT2D eigenvalue weighted by Crippen LogP contribution is 2.32. The first-order valence-corrected chi connectivity index (χ1v) is 5.08. The Morgan fingerprint density at radius 2 is 2.15 bits per heavy atom. The lowest BCUT2D eigenvalue weighted by molar-refractivity contribution is -0.137. The molecule has 0 radical (unpaired) electrons. The molecule has 1 saturated carbocycles. The minimum Gasteiger partial charge on any atom is -0.481 e. The minimum atomic E-state index is -0.773. The molecule has 76 valence electrons. The molecule has 1 rings (SSSR count). The Morgan fingerprint density at radius 3 is 2.69 bits per heavy atom. The van der Waals surface area contributed by atoms with Crippen molar-refractivity contribution < 1.29 is 9.90 Å². The molecular weight excluding hydrogens is 166 g/mol.